The highest BCUT2D eigenvalue weighted by atomic mass is 35.5. The first kappa shape index (κ1) is 25.7. The third kappa shape index (κ3) is 3.50. The molecule has 0 aromatic heterocycles. The van der Waals surface area contributed by atoms with Crippen LogP contribution in [0.1, 0.15) is 35.7 Å². The molecule has 10 heteroatoms. The number of amides is 1. The van der Waals surface area contributed by atoms with Gasteiger partial charge in [0, 0.05) is 11.5 Å². The number of primary amides is 1. The van der Waals surface area contributed by atoms with E-state index in [4.69, 9.17) is 10.5 Å². The van der Waals surface area contributed by atoms with Crippen LogP contribution >= 0.6 is 12.4 Å². The molecule has 9 nitrogen and oxygen atoms in total. The van der Waals surface area contributed by atoms with E-state index in [2.05, 4.69) is 0 Å². The zero-order chi connectivity index (χ0) is 24.2. The van der Waals surface area contributed by atoms with Crippen molar-refractivity contribution in [1.29, 1.82) is 0 Å². The Bertz CT molecular complexity index is 1130. The van der Waals surface area contributed by atoms with Crippen molar-refractivity contribution in [2.24, 2.45) is 17.6 Å². The van der Waals surface area contributed by atoms with Gasteiger partial charge < -0.3 is 25.8 Å². The lowest BCUT2D eigenvalue weighted by Gasteiger charge is -2.50. The summed E-state index contributed by atoms with van der Waals surface area (Å²) in [6.07, 6.45) is 1.26. The van der Waals surface area contributed by atoms with Crippen LogP contribution in [0.2, 0.25) is 0 Å². The Labute approximate surface area is 203 Å². The number of benzene rings is 1. The maximum Gasteiger partial charge on any atom is 0.255 e. The maximum atomic E-state index is 13.6. The molecule has 0 saturated heterocycles. The third-order valence-electron chi connectivity index (χ3n) is 6.91. The molecular weight excluding hydrogens is 464 g/mol. The molecule has 184 valence electrons. The van der Waals surface area contributed by atoms with Crippen LogP contribution < -0.4 is 10.5 Å². The van der Waals surface area contributed by atoms with Crippen LogP contribution in [-0.2, 0) is 16.0 Å². The molecule has 4 atom stereocenters. The number of carbonyl (C=O) groups is 3. The van der Waals surface area contributed by atoms with Crippen LogP contribution in [0.5, 0.6) is 5.75 Å². The first-order chi connectivity index (χ1) is 15.5. The molecule has 3 aliphatic rings. The minimum Gasteiger partial charge on any atom is -0.510 e. The minimum absolute atomic E-state index is 0. The molecule has 4 unspecified atom stereocenters. The van der Waals surface area contributed by atoms with Gasteiger partial charge in [-0.25, -0.2) is 0 Å². The van der Waals surface area contributed by atoms with Gasteiger partial charge >= 0.3 is 0 Å². The number of hydrogen-bond acceptors (Lipinski definition) is 8. The van der Waals surface area contributed by atoms with Crippen molar-refractivity contribution in [2.75, 3.05) is 20.7 Å². The fourth-order valence-corrected chi connectivity index (χ4v) is 5.51. The van der Waals surface area contributed by atoms with Crippen molar-refractivity contribution < 1.29 is 34.4 Å². The standard InChI is InChI=1S/C24H28N2O7.ClH/c1-4-8-33-14-7-5-6-11-9-12-10-13-18(26(2)3)20(28)17(23(25)31)22(30)24(13,32)21(29)16(12)19(27)15(11)14;/h5-7,12-13,18,28-29,32H,4,8-10H2,1-3H3,(H2,25,31);1H. The predicted octanol–water partition coefficient (Wildman–Crippen LogP) is 1.63. The third-order valence-corrected chi connectivity index (χ3v) is 6.91. The van der Waals surface area contributed by atoms with E-state index in [1.165, 1.54) is 0 Å². The van der Waals surface area contributed by atoms with E-state index in [9.17, 15) is 29.7 Å². The van der Waals surface area contributed by atoms with E-state index < -0.39 is 58.0 Å². The summed E-state index contributed by atoms with van der Waals surface area (Å²) in [5.41, 5.74) is 2.99. The maximum absolute atomic E-state index is 13.6. The zero-order valence-electron chi connectivity index (χ0n) is 19.2. The summed E-state index contributed by atoms with van der Waals surface area (Å²) in [5.74, 6) is -5.37. The highest BCUT2D eigenvalue weighted by Gasteiger charge is 2.63. The highest BCUT2D eigenvalue weighted by molar-refractivity contribution is 6.24. The second kappa shape index (κ2) is 9.05. The van der Waals surface area contributed by atoms with Crippen molar-refractivity contribution >= 4 is 29.9 Å². The Kier molecular flexibility index (Phi) is 6.85. The Hall–Kier alpha value is -2.88. The number of Topliss-reactive ketones (excluding diaryl/α,β-unsaturated/α-hetero) is 2. The van der Waals surface area contributed by atoms with Crippen molar-refractivity contribution in [2.45, 2.75) is 37.8 Å². The molecule has 0 aliphatic heterocycles. The number of aliphatic hydroxyl groups excluding tert-OH is 2. The van der Waals surface area contributed by atoms with E-state index >= 15 is 0 Å². The summed E-state index contributed by atoms with van der Waals surface area (Å²) in [4.78, 5) is 40.4. The molecule has 0 heterocycles. The monoisotopic (exact) mass is 492 g/mol. The zero-order valence-corrected chi connectivity index (χ0v) is 20.0. The number of nitrogens with zero attached hydrogens (tertiary/aromatic N) is 1. The second-order valence-electron chi connectivity index (χ2n) is 9.10. The molecule has 1 aromatic carbocycles. The smallest absolute Gasteiger partial charge is 0.255 e. The summed E-state index contributed by atoms with van der Waals surface area (Å²) in [6, 6.07) is 4.32. The van der Waals surface area contributed by atoms with Gasteiger partial charge in [-0.05, 0) is 50.9 Å². The average Bonchev–Trinajstić information content (AvgIpc) is 2.74. The summed E-state index contributed by atoms with van der Waals surface area (Å²) in [5, 5.41) is 33.6. The molecule has 5 N–H and O–H groups in total. The number of likely N-dealkylation sites (N-methyl/N-ethyl adjacent to an activating group) is 1. The van der Waals surface area contributed by atoms with Crippen molar-refractivity contribution in [1.82, 2.24) is 4.90 Å². The quantitative estimate of drug-likeness (QED) is 0.453. The topological polar surface area (TPSA) is 150 Å². The van der Waals surface area contributed by atoms with E-state index in [1.807, 2.05) is 13.0 Å². The van der Waals surface area contributed by atoms with Crippen LogP contribution in [0, 0.1) is 11.8 Å². The SMILES string of the molecule is CCCOc1cccc2c1C(=O)C1=C(O)C3(O)C(=O)C(C(N)=O)=C(O)C(N(C)C)C3CC1C2.Cl. The molecule has 0 fully saturated rings. The minimum atomic E-state index is -2.57. The van der Waals surface area contributed by atoms with Gasteiger partial charge in [0.05, 0.1) is 18.2 Å². The van der Waals surface area contributed by atoms with Crippen LogP contribution in [0.3, 0.4) is 0 Å². The first-order valence-corrected chi connectivity index (χ1v) is 10.9. The van der Waals surface area contributed by atoms with Crippen LogP contribution in [-0.4, -0.2) is 70.0 Å². The Balaban J connectivity index is 0.00000324. The predicted molar refractivity (Wildman–Crippen MR) is 125 cm³/mol. The van der Waals surface area contributed by atoms with Crippen LogP contribution in [0.4, 0.5) is 0 Å². The van der Waals surface area contributed by atoms with Crippen LogP contribution in [0.25, 0.3) is 0 Å². The molecule has 34 heavy (non-hydrogen) atoms. The number of aliphatic hydroxyl groups is 3. The van der Waals surface area contributed by atoms with Crippen molar-refractivity contribution in [3.05, 3.63) is 52.0 Å². The molecule has 4 rings (SSSR count). The Morgan fingerprint density at radius 1 is 1.26 bits per heavy atom. The molecule has 1 amide bonds. The molecule has 3 aliphatic carbocycles. The summed E-state index contributed by atoms with van der Waals surface area (Å²) in [6.45, 7) is 2.34. The van der Waals surface area contributed by atoms with E-state index in [0.29, 0.717) is 24.3 Å². The number of halogens is 1. The number of ketones is 2. The van der Waals surface area contributed by atoms with E-state index in [1.54, 1.807) is 31.1 Å². The molecule has 1 aromatic rings. The number of ether oxygens (including phenoxy) is 1. The number of carbonyl (C=O) groups excluding carboxylic acids is 3. The highest BCUT2D eigenvalue weighted by Crippen LogP contribution is 2.52. The molecule has 0 radical (unpaired) electrons. The van der Waals surface area contributed by atoms with E-state index in [-0.39, 0.29) is 24.4 Å². The van der Waals surface area contributed by atoms with Crippen LogP contribution in [0.15, 0.2) is 40.9 Å². The van der Waals surface area contributed by atoms with Crippen molar-refractivity contribution in [3.8, 4) is 5.75 Å². The normalized spacial score (nSPS) is 28.2. The Morgan fingerprint density at radius 3 is 2.53 bits per heavy atom. The lowest BCUT2D eigenvalue weighted by atomic mass is 9.58. The van der Waals surface area contributed by atoms with Crippen molar-refractivity contribution in [3.63, 3.8) is 0 Å². The van der Waals surface area contributed by atoms with Gasteiger partial charge in [0.2, 0.25) is 5.78 Å². The molecule has 0 bridgehead atoms. The first-order valence-electron chi connectivity index (χ1n) is 10.9. The molecular formula is C24H29ClN2O7. The fourth-order valence-electron chi connectivity index (χ4n) is 5.51. The number of hydrogen-bond donors (Lipinski definition) is 4. The second-order valence-corrected chi connectivity index (χ2v) is 9.10. The number of allylic oxidation sites excluding steroid dienone is 1. The average molecular weight is 493 g/mol. The van der Waals surface area contributed by atoms with E-state index in [0.717, 1.165) is 12.0 Å². The van der Waals surface area contributed by atoms with Gasteiger partial charge in [0.15, 0.2) is 11.4 Å². The number of fused-ring (bicyclic) bond motifs is 3. The summed E-state index contributed by atoms with van der Waals surface area (Å²) >= 11 is 0. The van der Waals surface area contributed by atoms with Gasteiger partial charge in [0.1, 0.15) is 22.8 Å². The summed E-state index contributed by atoms with van der Waals surface area (Å²) < 4.78 is 5.74. The largest absolute Gasteiger partial charge is 0.510 e. The van der Waals surface area contributed by atoms with Gasteiger partial charge in [-0.2, -0.15) is 0 Å². The van der Waals surface area contributed by atoms with Gasteiger partial charge in [-0.15, -0.1) is 12.4 Å². The fraction of sp³-hybridized carbons (Fsp3) is 0.458. The molecule has 0 spiro atoms. The lowest BCUT2D eigenvalue weighted by molar-refractivity contribution is -0.148. The molecule has 0 saturated carbocycles. The lowest BCUT2D eigenvalue weighted by Crippen LogP contribution is -2.63. The Morgan fingerprint density at radius 2 is 1.94 bits per heavy atom. The van der Waals surface area contributed by atoms with Gasteiger partial charge in [0.25, 0.3) is 5.91 Å². The summed E-state index contributed by atoms with van der Waals surface area (Å²) in [7, 11) is 3.23. The number of nitrogens with two attached hydrogens (primary N) is 1. The number of rotatable bonds is 5. The van der Waals surface area contributed by atoms with Gasteiger partial charge in [-0.3, -0.25) is 19.3 Å². The van der Waals surface area contributed by atoms with Gasteiger partial charge in [-0.1, -0.05) is 19.1 Å².